The van der Waals surface area contributed by atoms with Crippen LogP contribution < -0.4 is 0 Å². The molecule has 2 atom stereocenters. The summed E-state index contributed by atoms with van der Waals surface area (Å²) in [6.45, 7) is 4.50. The van der Waals surface area contributed by atoms with E-state index in [4.69, 9.17) is 11.6 Å². The maximum atomic E-state index is 5.91. The molecule has 0 radical (unpaired) electrons. The molecule has 2 aromatic rings. The van der Waals surface area contributed by atoms with Crippen molar-refractivity contribution in [2.45, 2.75) is 37.4 Å². The van der Waals surface area contributed by atoms with Crippen molar-refractivity contribution < 1.29 is 0 Å². The molecule has 20 heavy (non-hydrogen) atoms. The minimum absolute atomic E-state index is 0.342. The van der Waals surface area contributed by atoms with E-state index in [0.29, 0.717) is 10.7 Å². The van der Waals surface area contributed by atoms with Gasteiger partial charge in [-0.15, -0.1) is 0 Å². The minimum atomic E-state index is 0.342. The standard InChI is InChI=1S/C18H20BrCl/c1-3-13(2)15-6-8-16(9-7-15)18(19)12-14-4-10-17(20)11-5-14/h4-11,13,18H,3,12H2,1-2H3. The van der Waals surface area contributed by atoms with Crippen LogP contribution in [0, 0.1) is 0 Å². The van der Waals surface area contributed by atoms with Crippen molar-refractivity contribution in [1.29, 1.82) is 0 Å². The fourth-order valence-corrected chi connectivity index (χ4v) is 3.02. The maximum Gasteiger partial charge on any atom is 0.0435 e. The predicted octanol–water partition coefficient (Wildman–Crippen LogP) is 6.53. The van der Waals surface area contributed by atoms with Gasteiger partial charge in [0.2, 0.25) is 0 Å². The van der Waals surface area contributed by atoms with Crippen LogP contribution in [0.25, 0.3) is 0 Å². The van der Waals surface area contributed by atoms with E-state index in [1.807, 2.05) is 12.1 Å². The van der Waals surface area contributed by atoms with E-state index in [9.17, 15) is 0 Å². The molecular weight excluding hydrogens is 332 g/mol. The monoisotopic (exact) mass is 350 g/mol. The molecule has 2 aromatic carbocycles. The Morgan fingerprint density at radius 3 is 2.05 bits per heavy atom. The highest BCUT2D eigenvalue weighted by Crippen LogP contribution is 2.29. The summed E-state index contributed by atoms with van der Waals surface area (Å²) in [5.74, 6) is 0.633. The first-order chi connectivity index (χ1) is 9.60. The predicted molar refractivity (Wildman–Crippen MR) is 92.0 cm³/mol. The smallest absolute Gasteiger partial charge is 0.0435 e. The van der Waals surface area contributed by atoms with Crippen LogP contribution in [0.4, 0.5) is 0 Å². The van der Waals surface area contributed by atoms with Gasteiger partial charge in [0.25, 0.3) is 0 Å². The van der Waals surface area contributed by atoms with E-state index in [2.05, 4.69) is 66.2 Å². The van der Waals surface area contributed by atoms with Crippen LogP contribution >= 0.6 is 27.5 Å². The Hall–Kier alpha value is -0.790. The normalized spacial score (nSPS) is 14.0. The van der Waals surface area contributed by atoms with Gasteiger partial charge in [0.05, 0.1) is 0 Å². The molecular formula is C18H20BrCl. The molecule has 0 aliphatic rings. The molecule has 2 heteroatoms. The van der Waals surface area contributed by atoms with Crippen molar-refractivity contribution in [3.05, 3.63) is 70.2 Å². The Balaban J connectivity index is 2.05. The Labute approximate surface area is 135 Å². The third-order valence-electron chi connectivity index (χ3n) is 3.81. The fourth-order valence-electron chi connectivity index (χ4n) is 2.21. The second-order valence-electron chi connectivity index (χ2n) is 5.27. The lowest BCUT2D eigenvalue weighted by molar-refractivity contribution is 0.733. The first-order valence-corrected chi connectivity index (χ1v) is 8.38. The molecule has 2 rings (SSSR count). The molecule has 0 spiro atoms. The number of hydrogen-bond acceptors (Lipinski definition) is 0. The van der Waals surface area contributed by atoms with Gasteiger partial charge in [-0.2, -0.15) is 0 Å². The molecule has 2 unspecified atom stereocenters. The molecule has 106 valence electrons. The molecule has 0 aliphatic carbocycles. The van der Waals surface area contributed by atoms with Crippen molar-refractivity contribution in [3.63, 3.8) is 0 Å². The largest absolute Gasteiger partial charge is 0.0843 e. The molecule has 0 amide bonds. The molecule has 0 saturated heterocycles. The van der Waals surface area contributed by atoms with Gasteiger partial charge < -0.3 is 0 Å². The van der Waals surface area contributed by atoms with E-state index < -0.39 is 0 Å². The zero-order valence-electron chi connectivity index (χ0n) is 11.9. The van der Waals surface area contributed by atoms with E-state index in [-0.39, 0.29) is 0 Å². The summed E-state index contributed by atoms with van der Waals surface area (Å²) < 4.78 is 0. The van der Waals surface area contributed by atoms with Crippen LogP contribution in [-0.2, 0) is 6.42 Å². The fraction of sp³-hybridized carbons (Fsp3) is 0.333. The van der Waals surface area contributed by atoms with E-state index in [1.54, 1.807) is 0 Å². The second-order valence-corrected chi connectivity index (χ2v) is 6.82. The van der Waals surface area contributed by atoms with Crippen LogP contribution in [0.5, 0.6) is 0 Å². The number of benzene rings is 2. The summed E-state index contributed by atoms with van der Waals surface area (Å²) in [5.41, 5.74) is 4.04. The van der Waals surface area contributed by atoms with E-state index in [1.165, 1.54) is 23.1 Å². The number of rotatable bonds is 5. The average molecular weight is 352 g/mol. The van der Waals surface area contributed by atoms with Crippen LogP contribution in [0.3, 0.4) is 0 Å². The van der Waals surface area contributed by atoms with Gasteiger partial charge in [-0.1, -0.05) is 77.8 Å². The van der Waals surface area contributed by atoms with Gasteiger partial charge in [0.1, 0.15) is 0 Å². The van der Waals surface area contributed by atoms with Crippen molar-refractivity contribution in [2.24, 2.45) is 0 Å². The van der Waals surface area contributed by atoms with Gasteiger partial charge in [-0.05, 0) is 47.6 Å². The molecule has 0 aliphatic heterocycles. The molecule has 0 nitrogen and oxygen atoms in total. The molecule has 0 saturated carbocycles. The lowest BCUT2D eigenvalue weighted by atomic mass is 9.96. The minimum Gasteiger partial charge on any atom is -0.0843 e. The number of alkyl halides is 1. The van der Waals surface area contributed by atoms with Gasteiger partial charge in [0, 0.05) is 9.85 Å². The maximum absolute atomic E-state index is 5.91. The highest BCUT2D eigenvalue weighted by atomic mass is 79.9. The van der Waals surface area contributed by atoms with Crippen LogP contribution in [0.15, 0.2) is 48.5 Å². The SMILES string of the molecule is CCC(C)c1ccc(C(Br)Cc2ccc(Cl)cc2)cc1. The lowest BCUT2D eigenvalue weighted by Crippen LogP contribution is -1.97. The first-order valence-electron chi connectivity index (χ1n) is 7.08. The molecule has 0 heterocycles. The highest BCUT2D eigenvalue weighted by Gasteiger charge is 2.10. The molecule has 0 aromatic heterocycles. The molecule has 0 N–H and O–H groups in total. The van der Waals surface area contributed by atoms with Crippen molar-refractivity contribution in [1.82, 2.24) is 0 Å². The topological polar surface area (TPSA) is 0 Å². The third-order valence-corrected chi connectivity index (χ3v) is 4.91. The van der Waals surface area contributed by atoms with Gasteiger partial charge in [-0.25, -0.2) is 0 Å². The van der Waals surface area contributed by atoms with Crippen molar-refractivity contribution >= 4 is 27.5 Å². The lowest BCUT2D eigenvalue weighted by Gasteiger charge is -2.13. The van der Waals surface area contributed by atoms with Crippen LogP contribution in [-0.4, -0.2) is 0 Å². The highest BCUT2D eigenvalue weighted by molar-refractivity contribution is 9.09. The summed E-state index contributed by atoms with van der Waals surface area (Å²) in [4.78, 5) is 0.342. The number of halogens is 2. The summed E-state index contributed by atoms with van der Waals surface area (Å²) in [6, 6.07) is 17.0. The van der Waals surface area contributed by atoms with Crippen molar-refractivity contribution in [3.8, 4) is 0 Å². The van der Waals surface area contributed by atoms with E-state index >= 15 is 0 Å². The Bertz CT molecular complexity index is 530. The zero-order chi connectivity index (χ0) is 14.5. The quantitative estimate of drug-likeness (QED) is 0.537. The Kier molecular flexibility index (Phi) is 5.68. The van der Waals surface area contributed by atoms with Crippen LogP contribution in [0.2, 0.25) is 5.02 Å². The van der Waals surface area contributed by atoms with Gasteiger partial charge in [-0.3, -0.25) is 0 Å². The summed E-state index contributed by atoms with van der Waals surface area (Å²) in [7, 11) is 0. The zero-order valence-corrected chi connectivity index (χ0v) is 14.3. The second kappa shape index (κ2) is 7.28. The third kappa shape index (κ3) is 4.10. The molecule has 0 bridgehead atoms. The Morgan fingerprint density at radius 1 is 0.950 bits per heavy atom. The van der Waals surface area contributed by atoms with Crippen LogP contribution in [0.1, 0.15) is 47.7 Å². The van der Waals surface area contributed by atoms with Gasteiger partial charge in [0.15, 0.2) is 0 Å². The summed E-state index contributed by atoms with van der Waals surface area (Å²) in [5, 5.41) is 0.790. The van der Waals surface area contributed by atoms with Crippen molar-refractivity contribution in [2.75, 3.05) is 0 Å². The average Bonchev–Trinajstić information content (AvgIpc) is 2.49. The van der Waals surface area contributed by atoms with Gasteiger partial charge >= 0.3 is 0 Å². The summed E-state index contributed by atoms with van der Waals surface area (Å²) >= 11 is 9.70. The first kappa shape index (κ1) is 15.6. The summed E-state index contributed by atoms with van der Waals surface area (Å²) in [6.07, 6.45) is 2.15. The Morgan fingerprint density at radius 2 is 1.50 bits per heavy atom. The van der Waals surface area contributed by atoms with E-state index in [0.717, 1.165) is 11.4 Å². The molecule has 0 fully saturated rings. The number of hydrogen-bond donors (Lipinski definition) is 0.